The first-order chi connectivity index (χ1) is 8.27. The van der Waals surface area contributed by atoms with Crippen LogP contribution in [0.2, 0.25) is 0 Å². The van der Waals surface area contributed by atoms with Gasteiger partial charge in [0.05, 0.1) is 13.2 Å². The SMILES string of the molecule is O=C1CCC(CCOCc2ccccc2)=C1O. The third-order valence-corrected chi connectivity index (χ3v) is 2.91. The molecule has 2 rings (SSSR count). The van der Waals surface area contributed by atoms with Gasteiger partial charge in [-0.2, -0.15) is 0 Å². The molecule has 3 heteroatoms. The minimum atomic E-state index is -0.136. The van der Waals surface area contributed by atoms with Crippen molar-refractivity contribution < 1.29 is 14.6 Å². The maximum atomic E-state index is 11.1. The summed E-state index contributed by atoms with van der Waals surface area (Å²) in [6.07, 6.45) is 1.77. The van der Waals surface area contributed by atoms with Gasteiger partial charge in [0.15, 0.2) is 11.5 Å². The minimum Gasteiger partial charge on any atom is -0.504 e. The van der Waals surface area contributed by atoms with Crippen molar-refractivity contribution in [3.05, 3.63) is 47.2 Å². The van der Waals surface area contributed by atoms with Gasteiger partial charge >= 0.3 is 0 Å². The van der Waals surface area contributed by atoms with Gasteiger partial charge in [0.25, 0.3) is 0 Å². The van der Waals surface area contributed by atoms with Crippen molar-refractivity contribution in [3.63, 3.8) is 0 Å². The normalized spacial score (nSPS) is 15.6. The van der Waals surface area contributed by atoms with E-state index in [-0.39, 0.29) is 11.5 Å². The zero-order valence-corrected chi connectivity index (χ0v) is 9.69. The summed E-state index contributed by atoms with van der Waals surface area (Å²) >= 11 is 0. The van der Waals surface area contributed by atoms with Crippen LogP contribution in [0.5, 0.6) is 0 Å². The van der Waals surface area contributed by atoms with Crippen molar-refractivity contribution in [1.29, 1.82) is 0 Å². The van der Waals surface area contributed by atoms with Gasteiger partial charge in [-0.05, 0) is 24.0 Å². The van der Waals surface area contributed by atoms with Crippen LogP contribution in [-0.2, 0) is 16.1 Å². The average molecular weight is 232 g/mol. The minimum absolute atomic E-state index is 0.0340. The molecule has 0 heterocycles. The summed E-state index contributed by atoms with van der Waals surface area (Å²) in [5.74, 6) is -0.170. The lowest BCUT2D eigenvalue weighted by molar-refractivity contribution is -0.117. The van der Waals surface area contributed by atoms with Crippen LogP contribution in [0.15, 0.2) is 41.7 Å². The molecule has 3 nitrogen and oxygen atoms in total. The van der Waals surface area contributed by atoms with Crippen LogP contribution in [0.1, 0.15) is 24.8 Å². The van der Waals surface area contributed by atoms with Crippen LogP contribution in [0.3, 0.4) is 0 Å². The number of carbonyl (C=O) groups excluding carboxylic acids is 1. The Morgan fingerprint density at radius 3 is 2.59 bits per heavy atom. The second kappa shape index (κ2) is 5.64. The maximum Gasteiger partial charge on any atom is 0.197 e. The van der Waals surface area contributed by atoms with E-state index in [4.69, 9.17) is 4.74 Å². The topological polar surface area (TPSA) is 46.5 Å². The molecule has 1 aromatic rings. The zero-order valence-electron chi connectivity index (χ0n) is 9.69. The quantitative estimate of drug-likeness (QED) is 0.794. The number of benzene rings is 1. The molecule has 90 valence electrons. The highest BCUT2D eigenvalue weighted by atomic mass is 16.5. The van der Waals surface area contributed by atoms with Crippen LogP contribution in [0.25, 0.3) is 0 Å². The Morgan fingerprint density at radius 1 is 1.18 bits per heavy atom. The second-order valence-electron chi connectivity index (χ2n) is 4.16. The van der Waals surface area contributed by atoms with E-state index in [1.165, 1.54) is 0 Å². The van der Waals surface area contributed by atoms with Crippen LogP contribution in [0.4, 0.5) is 0 Å². The molecule has 0 aromatic heterocycles. The Bertz CT molecular complexity index is 420. The fourth-order valence-corrected chi connectivity index (χ4v) is 1.90. The summed E-state index contributed by atoms with van der Waals surface area (Å²) in [5, 5.41) is 9.45. The Hall–Kier alpha value is -1.61. The van der Waals surface area contributed by atoms with Crippen LogP contribution in [-0.4, -0.2) is 17.5 Å². The third-order valence-electron chi connectivity index (χ3n) is 2.91. The lowest BCUT2D eigenvalue weighted by Crippen LogP contribution is -1.98. The molecule has 1 aliphatic rings. The molecule has 0 atom stereocenters. The Morgan fingerprint density at radius 2 is 1.94 bits per heavy atom. The molecule has 0 spiro atoms. The van der Waals surface area contributed by atoms with Crippen molar-refractivity contribution in [2.75, 3.05) is 6.61 Å². The summed E-state index contributed by atoms with van der Waals surface area (Å²) in [7, 11) is 0. The van der Waals surface area contributed by atoms with Gasteiger partial charge in [-0.1, -0.05) is 30.3 Å². The van der Waals surface area contributed by atoms with Gasteiger partial charge < -0.3 is 9.84 Å². The maximum absolute atomic E-state index is 11.1. The molecule has 0 unspecified atom stereocenters. The summed E-state index contributed by atoms with van der Waals surface area (Å²) in [4.78, 5) is 11.1. The average Bonchev–Trinajstić information content (AvgIpc) is 2.67. The zero-order chi connectivity index (χ0) is 12.1. The van der Waals surface area contributed by atoms with Crippen LogP contribution in [0, 0.1) is 0 Å². The lowest BCUT2D eigenvalue weighted by atomic mass is 10.2. The number of carbonyl (C=O) groups is 1. The molecule has 0 bridgehead atoms. The van der Waals surface area contributed by atoms with Gasteiger partial charge in [0.2, 0.25) is 0 Å². The molecule has 0 radical (unpaired) electrons. The molecule has 0 amide bonds. The van der Waals surface area contributed by atoms with Gasteiger partial charge in [0, 0.05) is 6.42 Å². The first-order valence-electron chi connectivity index (χ1n) is 5.83. The van der Waals surface area contributed by atoms with E-state index in [0.29, 0.717) is 32.5 Å². The molecule has 17 heavy (non-hydrogen) atoms. The lowest BCUT2D eigenvalue weighted by Gasteiger charge is -2.05. The fourth-order valence-electron chi connectivity index (χ4n) is 1.90. The van der Waals surface area contributed by atoms with Crippen molar-refractivity contribution in [2.45, 2.75) is 25.9 Å². The molecule has 1 aliphatic carbocycles. The van der Waals surface area contributed by atoms with Gasteiger partial charge in [-0.3, -0.25) is 4.79 Å². The first kappa shape index (κ1) is 11.9. The Balaban J connectivity index is 1.72. The smallest absolute Gasteiger partial charge is 0.197 e. The highest BCUT2D eigenvalue weighted by Gasteiger charge is 2.21. The van der Waals surface area contributed by atoms with E-state index in [1.807, 2.05) is 30.3 Å². The number of aliphatic hydroxyl groups excluding tert-OH is 1. The number of ketones is 1. The fraction of sp³-hybridized carbons (Fsp3) is 0.357. The van der Waals surface area contributed by atoms with Gasteiger partial charge in [0.1, 0.15) is 0 Å². The summed E-state index contributed by atoms with van der Waals surface area (Å²) in [6.45, 7) is 1.12. The molecule has 0 saturated carbocycles. The van der Waals surface area contributed by atoms with E-state index in [9.17, 15) is 9.90 Å². The Labute approximate surface area is 101 Å². The highest BCUT2D eigenvalue weighted by molar-refractivity contribution is 5.96. The monoisotopic (exact) mass is 232 g/mol. The van der Waals surface area contributed by atoms with Crippen LogP contribution < -0.4 is 0 Å². The van der Waals surface area contributed by atoms with E-state index >= 15 is 0 Å². The third kappa shape index (κ3) is 3.17. The molecule has 0 aliphatic heterocycles. The molecular formula is C14H16O3. The first-order valence-corrected chi connectivity index (χ1v) is 5.83. The number of hydrogen-bond acceptors (Lipinski definition) is 3. The standard InChI is InChI=1S/C14H16O3/c15-13-7-6-12(14(13)16)8-9-17-10-11-4-2-1-3-5-11/h1-5,16H,6-10H2. The Kier molecular flexibility index (Phi) is 3.94. The van der Waals surface area contributed by atoms with Crippen molar-refractivity contribution >= 4 is 5.78 Å². The largest absolute Gasteiger partial charge is 0.504 e. The molecular weight excluding hydrogens is 216 g/mol. The molecule has 0 saturated heterocycles. The number of ether oxygens (including phenoxy) is 1. The van der Waals surface area contributed by atoms with Crippen molar-refractivity contribution in [2.24, 2.45) is 0 Å². The van der Waals surface area contributed by atoms with E-state index in [1.54, 1.807) is 0 Å². The van der Waals surface area contributed by atoms with E-state index in [2.05, 4.69) is 0 Å². The summed E-state index contributed by atoms with van der Waals surface area (Å²) in [6, 6.07) is 9.94. The molecule has 0 fully saturated rings. The molecule has 1 aromatic carbocycles. The summed E-state index contributed by atoms with van der Waals surface area (Å²) < 4.78 is 5.51. The van der Waals surface area contributed by atoms with Gasteiger partial charge in [-0.25, -0.2) is 0 Å². The van der Waals surface area contributed by atoms with E-state index in [0.717, 1.165) is 11.1 Å². The predicted molar refractivity (Wildman–Crippen MR) is 64.6 cm³/mol. The van der Waals surface area contributed by atoms with Crippen LogP contribution >= 0.6 is 0 Å². The number of Topliss-reactive ketones (excluding diaryl/α,β-unsaturated/α-hetero) is 1. The van der Waals surface area contributed by atoms with Gasteiger partial charge in [-0.15, -0.1) is 0 Å². The molecule has 1 N–H and O–H groups in total. The number of allylic oxidation sites excluding steroid dienone is 1. The van der Waals surface area contributed by atoms with E-state index < -0.39 is 0 Å². The number of hydrogen-bond donors (Lipinski definition) is 1. The predicted octanol–water partition coefficient (Wildman–Crippen LogP) is 2.77. The number of rotatable bonds is 5. The number of aliphatic hydroxyl groups is 1. The second-order valence-corrected chi connectivity index (χ2v) is 4.16. The summed E-state index contributed by atoms with van der Waals surface area (Å²) in [5.41, 5.74) is 1.97. The van der Waals surface area contributed by atoms with Crippen molar-refractivity contribution in [3.8, 4) is 0 Å². The van der Waals surface area contributed by atoms with Crippen molar-refractivity contribution in [1.82, 2.24) is 0 Å². The highest BCUT2D eigenvalue weighted by Crippen LogP contribution is 2.23.